The number of aromatic hydroxyl groups is 1. The molecule has 1 atom stereocenters. The third-order valence-electron chi connectivity index (χ3n) is 2.15. The lowest BCUT2D eigenvalue weighted by Crippen LogP contribution is -2.32. The van der Waals surface area contributed by atoms with E-state index >= 15 is 0 Å². The highest BCUT2D eigenvalue weighted by atomic mass is 16.5. The maximum absolute atomic E-state index is 9.70. The topological polar surface area (TPSA) is 44.7 Å². The summed E-state index contributed by atoms with van der Waals surface area (Å²) in [5.74, 6) is 1.02. The molecule has 4 heteroatoms. The second kappa shape index (κ2) is 5.00. The molecule has 0 aliphatic carbocycles. The third kappa shape index (κ3) is 3.11. The molecular formula is C11H18N2O2. The average molecular weight is 210 g/mol. The van der Waals surface area contributed by atoms with Crippen LogP contribution in [0.25, 0.3) is 0 Å². The summed E-state index contributed by atoms with van der Waals surface area (Å²) in [7, 11) is 5.43. The summed E-state index contributed by atoms with van der Waals surface area (Å²) >= 11 is 0. The Morgan fingerprint density at radius 2 is 2.07 bits per heavy atom. The molecule has 0 radical (unpaired) electrons. The number of hydrogen-bond acceptors (Lipinski definition) is 4. The summed E-state index contributed by atoms with van der Waals surface area (Å²) in [6, 6.07) is 5.25. The van der Waals surface area contributed by atoms with E-state index in [1.165, 1.54) is 0 Å². The fourth-order valence-corrected chi connectivity index (χ4v) is 1.46. The molecule has 0 aliphatic rings. The standard InChI is InChI=1S/C11H18N2O2/c1-8(12-13(2)3)10-7-9(15-4)5-6-11(10)14/h5-8,12,14H,1-4H3. The van der Waals surface area contributed by atoms with E-state index in [0.29, 0.717) is 0 Å². The van der Waals surface area contributed by atoms with Crippen LogP contribution in [0, 0.1) is 0 Å². The Bertz CT molecular complexity index is 326. The Morgan fingerprint density at radius 1 is 1.40 bits per heavy atom. The smallest absolute Gasteiger partial charge is 0.120 e. The van der Waals surface area contributed by atoms with E-state index in [9.17, 15) is 5.11 Å². The van der Waals surface area contributed by atoms with Crippen LogP contribution < -0.4 is 10.2 Å². The average Bonchev–Trinajstić information content (AvgIpc) is 2.17. The molecule has 0 spiro atoms. The number of methoxy groups -OCH3 is 1. The van der Waals surface area contributed by atoms with Crippen LogP contribution in [0.1, 0.15) is 18.5 Å². The third-order valence-corrected chi connectivity index (χ3v) is 2.15. The van der Waals surface area contributed by atoms with Gasteiger partial charge in [-0.3, -0.25) is 5.01 Å². The molecule has 0 saturated carbocycles. The lowest BCUT2D eigenvalue weighted by atomic mass is 10.1. The first kappa shape index (κ1) is 11.8. The minimum atomic E-state index is 0.0371. The van der Waals surface area contributed by atoms with Crippen LogP contribution in [0.15, 0.2) is 18.2 Å². The van der Waals surface area contributed by atoms with Crippen molar-refractivity contribution >= 4 is 0 Å². The van der Waals surface area contributed by atoms with Gasteiger partial charge in [0.2, 0.25) is 0 Å². The number of nitrogens with zero attached hydrogens (tertiary/aromatic N) is 1. The van der Waals surface area contributed by atoms with Gasteiger partial charge < -0.3 is 9.84 Å². The first-order chi connectivity index (χ1) is 7.04. The fraction of sp³-hybridized carbons (Fsp3) is 0.455. The molecule has 2 N–H and O–H groups in total. The van der Waals surface area contributed by atoms with Gasteiger partial charge in [-0.2, -0.15) is 0 Å². The van der Waals surface area contributed by atoms with Gasteiger partial charge in [0.05, 0.1) is 7.11 Å². The van der Waals surface area contributed by atoms with E-state index in [0.717, 1.165) is 11.3 Å². The van der Waals surface area contributed by atoms with Crippen molar-refractivity contribution in [2.75, 3.05) is 21.2 Å². The van der Waals surface area contributed by atoms with Gasteiger partial charge in [0.1, 0.15) is 11.5 Å². The summed E-state index contributed by atoms with van der Waals surface area (Å²) in [6.45, 7) is 1.98. The Kier molecular flexibility index (Phi) is 3.94. The van der Waals surface area contributed by atoms with Crippen molar-refractivity contribution < 1.29 is 9.84 Å². The number of hydrazine groups is 1. The molecule has 0 saturated heterocycles. The summed E-state index contributed by atoms with van der Waals surface area (Å²) < 4.78 is 5.11. The number of ether oxygens (including phenoxy) is 1. The number of phenols is 1. The summed E-state index contributed by atoms with van der Waals surface area (Å²) in [5.41, 5.74) is 3.99. The van der Waals surface area contributed by atoms with Gasteiger partial charge in [-0.25, -0.2) is 5.43 Å². The minimum Gasteiger partial charge on any atom is -0.508 e. The maximum atomic E-state index is 9.70. The van der Waals surface area contributed by atoms with Gasteiger partial charge in [0, 0.05) is 25.7 Å². The summed E-state index contributed by atoms with van der Waals surface area (Å²) in [5, 5.41) is 11.6. The Morgan fingerprint density at radius 3 is 2.60 bits per heavy atom. The number of hydrogen-bond donors (Lipinski definition) is 2. The van der Waals surface area contributed by atoms with Crippen molar-refractivity contribution in [3.63, 3.8) is 0 Å². The molecule has 0 heterocycles. The summed E-state index contributed by atoms with van der Waals surface area (Å²) in [4.78, 5) is 0. The minimum absolute atomic E-state index is 0.0371. The van der Waals surface area contributed by atoms with Gasteiger partial charge in [-0.05, 0) is 25.1 Å². The van der Waals surface area contributed by atoms with E-state index < -0.39 is 0 Å². The second-order valence-corrected chi connectivity index (χ2v) is 3.67. The number of phenolic OH excluding ortho intramolecular Hbond substituents is 1. The molecule has 1 rings (SSSR count). The molecule has 0 amide bonds. The highest BCUT2D eigenvalue weighted by molar-refractivity contribution is 5.40. The molecule has 1 aromatic rings. The normalized spacial score (nSPS) is 12.9. The van der Waals surface area contributed by atoms with Crippen molar-refractivity contribution in [2.45, 2.75) is 13.0 Å². The molecule has 0 aromatic heterocycles. The van der Waals surface area contributed by atoms with Crippen LogP contribution in [-0.4, -0.2) is 31.3 Å². The zero-order valence-corrected chi connectivity index (χ0v) is 9.61. The van der Waals surface area contributed by atoms with Crippen molar-refractivity contribution in [2.24, 2.45) is 0 Å². The monoisotopic (exact) mass is 210 g/mol. The van der Waals surface area contributed by atoms with Crippen LogP contribution in [-0.2, 0) is 0 Å². The van der Waals surface area contributed by atoms with Gasteiger partial charge >= 0.3 is 0 Å². The molecule has 84 valence electrons. The zero-order valence-electron chi connectivity index (χ0n) is 9.61. The molecule has 1 unspecified atom stereocenters. The zero-order chi connectivity index (χ0) is 11.4. The highest BCUT2D eigenvalue weighted by Gasteiger charge is 2.11. The van der Waals surface area contributed by atoms with Crippen LogP contribution in [0.2, 0.25) is 0 Å². The highest BCUT2D eigenvalue weighted by Crippen LogP contribution is 2.28. The number of benzene rings is 1. The molecular weight excluding hydrogens is 192 g/mol. The van der Waals surface area contributed by atoms with E-state index in [2.05, 4.69) is 5.43 Å². The Hall–Kier alpha value is -1.26. The number of rotatable bonds is 4. The summed E-state index contributed by atoms with van der Waals surface area (Å²) in [6.07, 6.45) is 0. The first-order valence-electron chi connectivity index (χ1n) is 4.85. The van der Waals surface area contributed by atoms with E-state index in [-0.39, 0.29) is 11.8 Å². The molecule has 0 bridgehead atoms. The molecule has 0 fully saturated rings. The predicted octanol–water partition coefficient (Wildman–Crippen LogP) is 1.53. The van der Waals surface area contributed by atoms with E-state index in [4.69, 9.17) is 4.74 Å². The lowest BCUT2D eigenvalue weighted by Gasteiger charge is -2.20. The fourth-order valence-electron chi connectivity index (χ4n) is 1.46. The Balaban J connectivity index is 2.91. The maximum Gasteiger partial charge on any atom is 0.120 e. The quantitative estimate of drug-likeness (QED) is 0.740. The molecule has 0 aliphatic heterocycles. The van der Waals surface area contributed by atoms with Crippen LogP contribution >= 0.6 is 0 Å². The van der Waals surface area contributed by atoms with Crippen molar-refractivity contribution in [3.8, 4) is 11.5 Å². The van der Waals surface area contributed by atoms with Gasteiger partial charge in [0.25, 0.3) is 0 Å². The SMILES string of the molecule is COc1ccc(O)c(C(C)NN(C)C)c1. The van der Waals surface area contributed by atoms with Crippen LogP contribution in [0.5, 0.6) is 11.5 Å². The van der Waals surface area contributed by atoms with Gasteiger partial charge in [-0.15, -0.1) is 0 Å². The van der Waals surface area contributed by atoms with Crippen molar-refractivity contribution in [1.29, 1.82) is 0 Å². The molecule has 4 nitrogen and oxygen atoms in total. The number of nitrogens with one attached hydrogen (secondary N) is 1. The van der Waals surface area contributed by atoms with E-state index in [1.807, 2.05) is 32.1 Å². The van der Waals surface area contributed by atoms with Gasteiger partial charge in [0.15, 0.2) is 0 Å². The van der Waals surface area contributed by atoms with Crippen LogP contribution in [0.3, 0.4) is 0 Å². The van der Waals surface area contributed by atoms with E-state index in [1.54, 1.807) is 19.2 Å². The van der Waals surface area contributed by atoms with Gasteiger partial charge in [-0.1, -0.05) is 0 Å². The second-order valence-electron chi connectivity index (χ2n) is 3.67. The molecule has 15 heavy (non-hydrogen) atoms. The lowest BCUT2D eigenvalue weighted by molar-refractivity contribution is 0.249. The largest absolute Gasteiger partial charge is 0.508 e. The Labute approximate surface area is 90.4 Å². The van der Waals surface area contributed by atoms with Crippen molar-refractivity contribution in [1.82, 2.24) is 10.4 Å². The van der Waals surface area contributed by atoms with Crippen molar-refractivity contribution in [3.05, 3.63) is 23.8 Å². The molecule has 1 aromatic carbocycles. The first-order valence-corrected chi connectivity index (χ1v) is 4.85. The van der Waals surface area contributed by atoms with Crippen LogP contribution in [0.4, 0.5) is 0 Å². The predicted molar refractivity (Wildman–Crippen MR) is 59.9 cm³/mol.